The van der Waals surface area contributed by atoms with E-state index in [1.54, 1.807) is 12.1 Å². The molecule has 0 aliphatic rings. The van der Waals surface area contributed by atoms with Gasteiger partial charge in [0.15, 0.2) is 11.5 Å². The van der Waals surface area contributed by atoms with Crippen LogP contribution < -0.4 is 19.9 Å². The molecule has 0 aliphatic heterocycles. The smallest absolute Gasteiger partial charge is 0.277 e. The summed E-state index contributed by atoms with van der Waals surface area (Å²) in [5.41, 5.74) is 6.09. The Hall–Kier alpha value is -2.42. The second-order valence-corrected chi connectivity index (χ2v) is 7.25. The zero-order valence-corrected chi connectivity index (χ0v) is 17.7. The Kier molecular flexibility index (Phi) is 7.98. The molecule has 0 aliphatic carbocycles. The normalized spacial score (nSPS) is 12.1. The first-order valence-electron chi connectivity index (χ1n) is 9.27. The van der Waals surface area contributed by atoms with Crippen LogP contribution in [0.3, 0.4) is 0 Å². The lowest BCUT2D eigenvalue weighted by molar-refractivity contribution is -0.118. The zero-order chi connectivity index (χ0) is 20.7. The molecule has 0 spiro atoms. The van der Waals surface area contributed by atoms with Crippen molar-refractivity contribution in [2.75, 3.05) is 19.8 Å². The second kappa shape index (κ2) is 10.2. The van der Waals surface area contributed by atoms with Crippen molar-refractivity contribution in [3.63, 3.8) is 0 Å². The van der Waals surface area contributed by atoms with Crippen molar-refractivity contribution in [1.29, 1.82) is 0 Å². The van der Waals surface area contributed by atoms with Gasteiger partial charge in [-0.2, -0.15) is 0 Å². The van der Waals surface area contributed by atoms with E-state index in [-0.39, 0.29) is 11.1 Å². The van der Waals surface area contributed by atoms with E-state index in [1.165, 1.54) is 0 Å². The maximum atomic E-state index is 11.6. The fourth-order valence-electron chi connectivity index (χ4n) is 2.52. The molecule has 2 N–H and O–H groups in total. The molecule has 0 radical (unpaired) electrons. The van der Waals surface area contributed by atoms with Gasteiger partial charge in [-0.3, -0.25) is 4.79 Å². The van der Waals surface area contributed by atoms with Crippen LogP contribution in [-0.2, 0) is 4.79 Å². The van der Waals surface area contributed by atoms with Crippen LogP contribution in [0.2, 0.25) is 0 Å². The number of hydrogen-bond donors (Lipinski definition) is 1. The fraction of sp³-hybridized carbons (Fsp3) is 0.526. The first kappa shape index (κ1) is 21.9. The van der Waals surface area contributed by atoms with Crippen molar-refractivity contribution in [1.82, 2.24) is 10.2 Å². The molecule has 154 valence electrons. The minimum Gasteiger partial charge on any atom is -0.490 e. The molecule has 2 aromatic rings. The van der Waals surface area contributed by atoms with E-state index in [0.29, 0.717) is 48.5 Å². The van der Waals surface area contributed by atoms with Crippen molar-refractivity contribution >= 4 is 17.7 Å². The van der Waals surface area contributed by atoms with Crippen LogP contribution in [0.1, 0.15) is 34.6 Å². The summed E-state index contributed by atoms with van der Waals surface area (Å²) in [6, 6.07) is 3.54. The van der Waals surface area contributed by atoms with Crippen molar-refractivity contribution < 1.29 is 23.4 Å². The average Bonchev–Trinajstić information content (AvgIpc) is 3.11. The summed E-state index contributed by atoms with van der Waals surface area (Å²) in [6.07, 6.45) is 0. The summed E-state index contributed by atoms with van der Waals surface area (Å²) in [5, 5.41) is 7.95. The lowest BCUT2D eigenvalue weighted by Gasteiger charge is -2.16. The van der Waals surface area contributed by atoms with Gasteiger partial charge < -0.3 is 24.4 Å². The molecular weight excluding hydrogens is 382 g/mol. The number of aromatic nitrogens is 2. The van der Waals surface area contributed by atoms with Crippen LogP contribution in [0.15, 0.2) is 21.8 Å². The topological polar surface area (TPSA) is 110 Å². The highest BCUT2D eigenvalue weighted by Crippen LogP contribution is 2.42. The van der Waals surface area contributed by atoms with Crippen LogP contribution in [0.4, 0.5) is 0 Å². The number of hydrogen-bond acceptors (Lipinski definition) is 8. The van der Waals surface area contributed by atoms with Crippen LogP contribution in [0, 0.1) is 5.92 Å². The Balaban J connectivity index is 2.39. The monoisotopic (exact) mass is 409 g/mol. The van der Waals surface area contributed by atoms with E-state index >= 15 is 0 Å². The van der Waals surface area contributed by atoms with Gasteiger partial charge in [0.1, 0.15) is 0 Å². The summed E-state index contributed by atoms with van der Waals surface area (Å²) in [6.45, 7) is 10.9. The minimum absolute atomic E-state index is 0.0393. The molecule has 1 heterocycles. The van der Waals surface area contributed by atoms with Crippen molar-refractivity contribution in [3.8, 4) is 28.7 Å². The van der Waals surface area contributed by atoms with Gasteiger partial charge in [-0.1, -0.05) is 25.6 Å². The molecule has 0 saturated heterocycles. The Morgan fingerprint density at radius 2 is 1.64 bits per heavy atom. The highest BCUT2D eigenvalue weighted by atomic mass is 32.2. The molecular formula is C19H27N3O5S. The molecule has 9 heteroatoms. The number of amides is 1. The first-order valence-corrected chi connectivity index (χ1v) is 10.1. The number of nitrogens with two attached hydrogens (primary N) is 1. The molecule has 1 aromatic carbocycles. The molecule has 0 fully saturated rings. The predicted octanol–water partition coefficient (Wildman–Crippen LogP) is 3.53. The van der Waals surface area contributed by atoms with E-state index in [9.17, 15) is 4.79 Å². The predicted molar refractivity (Wildman–Crippen MR) is 107 cm³/mol. The number of carbonyl (C=O) groups is 1. The van der Waals surface area contributed by atoms with E-state index in [4.69, 9.17) is 24.4 Å². The van der Waals surface area contributed by atoms with Gasteiger partial charge in [-0.25, -0.2) is 0 Å². The van der Waals surface area contributed by atoms with Crippen molar-refractivity contribution in [2.24, 2.45) is 11.7 Å². The largest absolute Gasteiger partial charge is 0.490 e. The maximum Gasteiger partial charge on any atom is 0.277 e. The Bertz CT molecular complexity index is 767. The molecule has 0 saturated carbocycles. The lowest BCUT2D eigenvalue weighted by Crippen LogP contribution is -2.30. The highest BCUT2D eigenvalue weighted by Gasteiger charge is 2.25. The van der Waals surface area contributed by atoms with Gasteiger partial charge >= 0.3 is 0 Å². The summed E-state index contributed by atoms with van der Waals surface area (Å²) >= 11 is 1.16. The molecule has 2 rings (SSSR count). The summed E-state index contributed by atoms with van der Waals surface area (Å²) in [7, 11) is 0. The fourth-order valence-corrected chi connectivity index (χ4v) is 3.34. The number of benzene rings is 1. The highest BCUT2D eigenvalue weighted by molar-refractivity contribution is 8.00. The molecule has 0 bridgehead atoms. The number of carbonyl (C=O) groups excluding carboxylic acids is 1. The van der Waals surface area contributed by atoms with Crippen LogP contribution >= 0.6 is 11.8 Å². The maximum absolute atomic E-state index is 11.6. The standard InChI is InChI=1S/C19H27N3O5S/c1-6-24-13-9-12(10-14(25-7-2)15(13)26-8-3)18-21-22-19(27-18)28-16(11(4)5)17(20)23/h9-11,16H,6-8H2,1-5H3,(H2,20,23). The third-order valence-corrected chi connectivity index (χ3v) is 5.07. The van der Waals surface area contributed by atoms with Gasteiger partial charge in [0.05, 0.1) is 25.1 Å². The van der Waals surface area contributed by atoms with Crippen molar-refractivity contribution in [2.45, 2.75) is 45.1 Å². The molecule has 8 nitrogen and oxygen atoms in total. The SMILES string of the molecule is CCOc1cc(-c2nnc(SC(C(N)=O)C(C)C)o2)cc(OCC)c1OCC. The van der Waals surface area contributed by atoms with Gasteiger partial charge in [-0.05, 0) is 38.8 Å². The Morgan fingerprint density at radius 3 is 2.11 bits per heavy atom. The van der Waals surface area contributed by atoms with E-state index in [2.05, 4.69) is 10.2 Å². The van der Waals surface area contributed by atoms with Gasteiger partial charge in [0, 0.05) is 5.56 Å². The first-order chi connectivity index (χ1) is 13.4. The quantitative estimate of drug-likeness (QED) is 0.561. The van der Waals surface area contributed by atoms with E-state index < -0.39 is 11.2 Å². The summed E-state index contributed by atoms with van der Waals surface area (Å²) in [4.78, 5) is 11.6. The van der Waals surface area contributed by atoms with Crippen LogP contribution in [0.25, 0.3) is 11.5 Å². The number of nitrogens with zero attached hydrogens (tertiary/aromatic N) is 2. The summed E-state index contributed by atoms with van der Waals surface area (Å²) < 4.78 is 22.9. The zero-order valence-electron chi connectivity index (χ0n) is 16.9. The average molecular weight is 410 g/mol. The number of ether oxygens (including phenoxy) is 3. The second-order valence-electron chi connectivity index (χ2n) is 6.16. The van der Waals surface area contributed by atoms with Gasteiger partial charge in [-0.15, -0.1) is 10.2 Å². The molecule has 1 unspecified atom stereocenters. The van der Waals surface area contributed by atoms with E-state index in [0.717, 1.165) is 11.8 Å². The van der Waals surface area contributed by atoms with Crippen LogP contribution in [-0.4, -0.2) is 41.2 Å². The molecule has 1 aromatic heterocycles. The van der Waals surface area contributed by atoms with Gasteiger partial charge in [0.2, 0.25) is 17.5 Å². The molecule has 1 atom stereocenters. The molecule has 1 amide bonds. The van der Waals surface area contributed by atoms with Gasteiger partial charge in [0.25, 0.3) is 5.22 Å². The minimum atomic E-state index is -0.452. The molecule has 28 heavy (non-hydrogen) atoms. The van der Waals surface area contributed by atoms with Crippen LogP contribution in [0.5, 0.6) is 17.2 Å². The lowest BCUT2D eigenvalue weighted by atomic mass is 10.1. The summed E-state index contributed by atoms with van der Waals surface area (Å²) in [5.74, 6) is 1.53. The van der Waals surface area contributed by atoms with Crippen molar-refractivity contribution in [3.05, 3.63) is 12.1 Å². The number of thioether (sulfide) groups is 1. The third kappa shape index (κ3) is 5.31. The van der Waals surface area contributed by atoms with E-state index in [1.807, 2.05) is 34.6 Å². The third-order valence-electron chi connectivity index (χ3n) is 3.68. The number of primary amides is 1. The number of rotatable bonds is 11. The Morgan fingerprint density at radius 1 is 1.07 bits per heavy atom. The Labute approximate surface area is 169 Å².